The van der Waals surface area contributed by atoms with Crippen molar-refractivity contribution in [1.29, 1.82) is 0 Å². The Morgan fingerprint density at radius 2 is 1.74 bits per heavy atom. The van der Waals surface area contributed by atoms with Crippen LogP contribution in [0.1, 0.15) is 66.4 Å². The molecule has 3 aliphatic rings. The van der Waals surface area contributed by atoms with Gasteiger partial charge in [-0.3, -0.25) is 9.69 Å². The summed E-state index contributed by atoms with van der Waals surface area (Å²) in [5, 5.41) is 0. The van der Waals surface area contributed by atoms with E-state index in [1.54, 1.807) is 6.07 Å². The average molecular weight is 475 g/mol. The first-order valence-electron chi connectivity index (χ1n) is 13.0. The largest absolute Gasteiger partial charge is 0.366 e. The lowest BCUT2D eigenvalue weighted by Crippen LogP contribution is -2.56. The van der Waals surface area contributed by atoms with Gasteiger partial charge in [0, 0.05) is 30.7 Å². The van der Waals surface area contributed by atoms with E-state index in [-0.39, 0.29) is 17.1 Å². The molecule has 0 aromatic heterocycles. The fourth-order valence-electron chi connectivity index (χ4n) is 6.55. The number of amides is 3. The van der Waals surface area contributed by atoms with Crippen molar-refractivity contribution in [3.05, 3.63) is 71.3 Å². The topological polar surface area (TPSA) is 69.9 Å². The van der Waals surface area contributed by atoms with Gasteiger partial charge in [0.25, 0.3) is 0 Å². The Hall–Kier alpha value is -2.86. The van der Waals surface area contributed by atoms with Gasteiger partial charge < -0.3 is 15.5 Å². The molecular weight excluding hydrogens is 436 g/mol. The van der Waals surface area contributed by atoms with Crippen LogP contribution in [0, 0.1) is 5.92 Å². The van der Waals surface area contributed by atoms with E-state index in [9.17, 15) is 9.59 Å². The number of hydrogen-bond acceptors (Lipinski definition) is 3. The Bertz CT molecular complexity index is 1070. The third-order valence-corrected chi connectivity index (χ3v) is 8.98. The highest BCUT2D eigenvalue weighted by Crippen LogP contribution is 2.49. The fourth-order valence-corrected chi connectivity index (χ4v) is 6.55. The minimum Gasteiger partial charge on any atom is -0.366 e. The molecule has 1 heterocycles. The summed E-state index contributed by atoms with van der Waals surface area (Å²) >= 11 is 0. The number of rotatable bonds is 7. The molecule has 0 unspecified atom stereocenters. The highest BCUT2D eigenvalue weighted by molar-refractivity contribution is 5.92. The van der Waals surface area contributed by atoms with Crippen molar-refractivity contribution in [3.8, 4) is 0 Å². The third kappa shape index (κ3) is 4.33. The lowest BCUT2D eigenvalue weighted by molar-refractivity contribution is 0.0159. The van der Waals surface area contributed by atoms with E-state index in [0.29, 0.717) is 18.0 Å². The number of primary amides is 1. The van der Waals surface area contributed by atoms with Crippen molar-refractivity contribution in [2.24, 2.45) is 11.7 Å². The quantitative estimate of drug-likeness (QED) is 0.638. The van der Waals surface area contributed by atoms with Crippen LogP contribution in [0.4, 0.5) is 4.79 Å². The van der Waals surface area contributed by atoms with E-state index < -0.39 is 5.91 Å². The molecule has 2 aromatic rings. The molecular formula is C29H38N4O2. The number of nitrogens with zero attached hydrogens (tertiary/aromatic N) is 3. The highest BCUT2D eigenvalue weighted by Gasteiger charge is 2.54. The molecule has 2 aliphatic carbocycles. The van der Waals surface area contributed by atoms with Crippen LogP contribution in [0.25, 0.3) is 0 Å². The molecule has 1 saturated heterocycles. The molecule has 35 heavy (non-hydrogen) atoms. The molecule has 5 rings (SSSR count). The van der Waals surface area contributed by atoms with Crippen molar-refractivity contribution in [2.75, 3.05) is 27.2 Å². The molecule has 2 N–H and O–H groups in total. The SMILES string of the molecule is CN(C)[C@]1(c2ccccc2)CC[C@@]2(CC1)CN(Cc1cccc(C(N)=O)c1)C(=O)N2CC1CCC1. The molecule has 0 atom stereocenters. The number of carbonyl (C=O) groups excluding carboxylic acids is 2. The van der Waals surface area contributed by atoms with Gasteiger partial charge in [-0.05, 0) is 81.8 Å². The Morgan fingerprint density at radius 1 is 1.03 bits per heavy atom. The normalized spacial score (nSPS) is 27.0. The van der Waals surface area contributed by atoms with Crippen molar-refractivity contribution >= 4 is 11.9 Å². The standard InChI is InChI=1S/C29H38N4O2/c1-31(2)29(25-12-4-3-5-13-25)16-14-28(15-17-29)21-32(27(35)33(28)20-22-8-6-9-22)19-23-10-7-11-24(18-23)26(30)34/h3-5,7,10-13,18,22H,6,8-9,14-17,19-21H2,1-2H3,(H2,30,34)/t28-,29-. The number of urea groups is 1. The second kappa shape index (κ2) is 9.30. The highest BCUT2D eigenvalue weighted by atomic mass is 16.2. The van der Waals surface area contributed by atoms with Crippen molar-refractivity contribution in [1.82, 2.24) is 14.7 Å². The minimum absolute atomic E-state index is 0.000929. The molecule has 3 amide bonds. The number of carbonyl (C=O) groups is 2. The maximum atomic E-state index is 13.8. The lowest BCUT2D eigenvalue weighted by Gasteiger charge is -2.51. The molecule has 2 saturated carbocycles. The van der Waals surface area contributed by atoms with Crippen LogP contribution in [-0.4, -0.2) is 59.4 Å². The van der Waals surface area contributed by atoms with Crippen LogP contribution in [0.5, 0.6) is 0 Å². The first-order valence-corrected chi connectivity index (χ1v) is 13.0. The summed E-state index contributed by atoms with van der Waals surface area (Å²) in [6.45, 7) is 2.13. The average Bonchev–Trinajstić information content (AvgIpc) is 3.07. The molecule has 2 aromatic carbocycles. The van der Waals surface area contributed by atoms with Crippen LogP contribution in [0.3, 0.4) is 0 Å². The fraction of sp³-hybridized carbons (Fsp3) is 0.517. The smallest absolute Gasteiger partial charge is 0.320 e. The lowest BCUT2D eigenvalue weighted by atomic mass is 9.68. The Kier molecular flexibility index (Phi) is 6.34. The maximum absolute atomic E-state index is 13.8. The Balaban J connectivity index is 1.40. The van der Waals surface area contributed by atoms with Crippen molar-refractivity contribution in [3.63, 3.8) is 0 Å². The van der Waals surface area contributed by atoms with E-state index in [2.05, 4.69) is 54.2 Å². The van der Waals surface area contributed by atoms with Crippen LogP contribution in [-0.2, 0) is 12.1 Å². The van der Waals surface area contributed by atoms with Gasteiger partial charge in [0.15, 0.2) is 0 Å². The van der Waals surface area contributed by atoms with Crippen LogP contribution < -0.4 is 5.73 Å². The van der Waals surface area contributed by atoms with Gasteiger partial charge in [-0.15, -0.1) is 0 Å². The summed E-state index contributed by atoms with van der Waals surface area (Å²) in [6, 6.07) is 18.4. The molecule has 6 heteroatoms. The predicted octanol–water partition coefficient (Wildman–Crippen LogP) is 4.59. The number of hydrogen-bond donors (Lipinski definition) is 1. The Morgan fingerprint density at radius 3 is 2.34 bits per heavy atom. The van der Waals surface area contributed by atoms with Gasteiger partial charge in [-0.1, -0.05) is 48.9 Å². The van der Waals surface area contributed by atoms with Gasteiger partial charge in [-0.25, -0.2) is 4.79 Å². The number of benzene rings is 2. The second-order valence-electron chi connectivity index (χ2n) is 11.1. The third-order valence-electron chi connectivity index (χ3n) is 8.98. The molecule has 6 nitrogen and oxygen atoms in total. The van der Waals surface area contributed by atoms with Gasteiger partial charge in [-0.2, -0.15) is 0 Å². The minimum atomic E-state index is -0.434. The van der Waals surface area contributed by atoms with E-state index >= 15 is 0 Å². The van der Waals surface area contributed by atoms with E-state index in [1.807, 2.05) is 23.1 Å². The van der Waals surface area contributed by atoms with E-state index in [0.717, 1.165) is 44.3 Å². The van der Waals surface area contributed by atoms with Crippen molar-refractivity contribution in [2.45, 2.75) is 62.6 Å². The maximum Gasteiger partial charge on any atom is 0.320 e. The van der Waals surface area contributed by atoms with E-state index in [1.165, 1.54) is 24.8 Å². The first kappa shape index (κ1) is 23.9. The molecule has 0 radical (unpaired) electrons. The van der Waals surface area contributed by atoms with Gasteiger partial charge in [0.1, 0.15) is 0 Å². The summed E-state index contributed by atoms with van der Waals surface area (Å²) in [5.41, 5.74) is 8.19. The van der Waals surface area contributed by atoms with Crippen LogP contribution in [0.2, 0.25) is 0 Å². The molecule has 1 spiro atoms. The zero-order chi connectivity index (χ0) is 24.6. The first-order chi connectivity index (χ1) is 16.8. The monoisotopic (exact) mass is 474 g/mol. The van der Waals surface area contributed by atoms with Crippen LogP contribution in [0.15, 0.2) is 54.6 Å². The zero-order valence-electron chi connectivity index (χ0n) is 21.1. The van der Waals surface area contributed by atoms with Gasteiger partial charge in [0.2, 0.25) is 5.91 Å². The Labute approximate surface area is 209 Å². The van der Waals surface area contributed by atoms with Gasteiger partial charge >= 0.3 is 6.03 Å². The van der Waals surface area contributed by atoms with Crippen molar-refractivity contribution < 1.29 is 9.59 Å². The molecule has 1 aliphatic heterocycles. The summed E-state index contributed by atoms with van der Waals surface area (Å²) in [5.74, 6) is 0.194. The summed E-state index contributed by atoms with van der Waals surface area (Å²) in [7, 11) is 4.38. The molecule has 3 fully saturated rings. The van der Waals surface area contributed by atoms with Crippen LogP contribution >= 0.6 is 0 Å². The second-order valence-corrected chi connectivity index (χ2v) is 11.1. The summed E-state index contributed by atoms with van der Waals surface area (Å²) in [4.78, 5) is 32.1. The predicted molar refractivity (Wildman–Crippen MR) is 138 cm³/mol. The summed E-state index contributed by atoms with van der Waals surface area (Å²) in [6.07, 6.45) is 7.79. The van der Waals surface area contributed by atoms with Gasteiger partial charge in [0.05, 0.1) is 5.54 Å². The number of nitrogens with two attached hydrogens (primary N) is 1. The zero-order valence-corrected chi connectivity index (χ0v) is 21.1. The summed E-state index contributed by atoms with van der Waals surface area (Å²) < 4.78 is 0. The molecule has 0 bridgehead atoms. The van der Waals surface area contributed by atoms with E-state index in [4.69, 9.17) is 5.73 Å². The molecule has 186 valence electrons.